The van der Waals surface area contributed by atoms with Crippen molar-refractivity contribution in [2.45, 2.75) is 17.9 Å². The van der Waals surface area contributed by atoms with E-state index in [1.165, 1.54) is 0 Å². The summed E-state index contributed by atoms with van der Waals surface area (Å²) in [7, 11) is 0. The molecule has 0 aromatic heterocycles. The summed E-state index contributed by atoms with van der Waals surface area (Å²) in [5, 5.41) is 5.35. The smallest absolute Gasteiger partial charge is 0.244 e. The molecule has 0 bridgehead atoms. The normalized spacial score (nSPS) is 10.9. The molecule has 0 spiro atoms. The highest BCUT2D eigenvalue weighted by Crippen LogP contribution is 2.24. The summed E-state index contributed by atoms with van der Waals surface area (Å²) >= 11 is 13.5. The van der Waals surface area contributed by atoms with Gasteiger partial charge in [0.2, 0.25) is 5.91 Å². The summed E-state index contributed by atoms with van der Waals surface area (Å²) in [5.74, 6) is 0.503. The number of ether oxygens (including phenoxy) is 1. The van der Waals surface area contributed by atoms with Crippen LogP contribution in [0.3, 0.4) is 0 Å². The summed E-state index contributed by atoms with van der Waals surface area (Å²) in [6.45, 7) is 0.436. The van der Waals surface area contributed by atoms with Gasteiger partial charge in [0, 0.05) is 14.9 Å². The summed E-state index contributed by atoms with van der Waals surface area (Å²) in [6, 6.07) is 20.5. The number of halogens is 2. The van der Waals surface area contributed by atoms with E-state index in [-0.39, 0.29) is 12.3 Å². The van der Waals surface area contributed by atoms with Crippen LogP contribution in [0.25, 0.3) is 0 Å². The zero-order chi connectivity index (χ0) is 21.3. The molecule has 30 heavy (non-hydrogen) atoms. The zero-order valence-electron chi connectivity index (χ0n) is 16.3. The standard InChI is InChI=1S/C23H20Cl2N2O2S/c1-30-22-10-9-20(25)12-18(22)13-23(28)27-26-14-17-3-2-4-21(11-17)29-15-16-5-7-19(24)8-6-16/h2-12,14H,13,15H2,1H3,(H,27,28)/b26-14-. The first-order chi connectivity index (χ1) is 14.5. The SMILES string of the molecule is CSc1ccc(Cl)cc1CC(=O)N/N=C\c1cccc(OCc2ccc(Cl)cc2)c1. The molecule has 0 aliphatic rings. The van der Waals surface area contributed by atoms with E-state index in [4.69, 9.17) is 27.9 Å². The third-order valence-corrected chi connectivity index (χ3v) is 5.50. The Morgan fingerprint density at radius 2 is 1.83 bits per heavy atom. The van der Waals surface area contributed by atoms with E-state index >= 15 is 0 Å². The number of carbonyl (C=O) groups excluding carboxylic acids is 1. The van der Waals surface area contributed by atoms with Crippen LogP contribution in [0, 0.1) is 0 Å². The van der Waals surface area contributed by atoms with E-state index in [1.807, 2.05) is 66.9 Å². The lowest BCUT2D eigenvalue weighted by Crippen LogP contribution is -2.20. The molecule has 0 heterocycles. The fourth-order valence-electron chi connectivity index (χ4n) is 2.71. The number of rotatable bonds is 8. The average molecular weight is 459 g/mol. The van der Waals surface area contributed by atoms with Crippen LogP contribution >= 0.6 is 35.0 Å². The van der Waals surface area contributed by atoms with Gasteiger partial charge in [0.05, 0.1) is 12.6 Å². The Morgan fingerprint density at radius 3 is 2.60 bits per heavy atom. The molecule has 0 fully saturated rings. The molecule has 0 saturated heterocycles. The molecular weight excluding hydrogens is 439 g/mol. The van der Waals surface area contributed by atoms with Crippen molar-refractivity contribution in [2.24, 2.45) is 5.10 Å². The Kier molecular flexibility index (Phi) is 8.20. The van der Waals surface area contributed by atoms with Crippen molar-refractivity contribution in [3.05, 3.63) is 93.5 Å². The molecule has 1 N–H and O–H groups in total. The van der Waals surface area contributed by atoms with Crippen molar-refractivity contribution in [2.75, 3.05) is 6.26 Å². The molecule has 0 aliphatic heterocycles. The van der Waals surface area contributed by atoms with Gasteiger partial charge in [-0.05, 0) is 65.4 Å². The van der Waals surface area contributed by atoms with E-state index in [1.54, 1.807) is 24.0 Å². The fraction of sp³-hybridized carbons (Fsp3) is 0.130. The fourth-order valence-corrected chi connectivity index (χ4v) is 3.63. The van der Waals surface area contributed by atoms with Crippen molar-refractivity contribution in [1.82, 2.24) is 5.43 Å². The highest BCUT2D eigenvalue weighted by atomic mass is 35.5. The van der Waals surface area contributed by atoms with Crippen LogP contribution in [-0.4, -0.2) is 18.4 Å². The van der Waals surface area contributed by atoms with Crippen molar-refractivity contribution in [1.29, 1.82) is 0 Å². The minimum absolute atomic E-state index is 0.207. The molecular formula is C23H20Cl2N2O2S. The van der Waals surface area contributed by atoms with E-state index in [0.717, 1.165) is 21.6 Å². The molecule has 4 nitrogen and oxygen atoms in total. The Labute approximate surface area is 190 Å². The van der Waals surface area contributed by atoms with Crippen molar-refractivity contribution >= 4 is 47.1 Å². The second-order valence-electron chi connectivity index (χ2n) is 6.41. The number of benzene rings is 3. The largest absolute Gasteiger partial charge is 0.489 e. The quantitative estimate of drug-likeness (QED) is 0.256. The Bertz CT molecular complexity index is 1040. The molecule has 1 amide bonds. The van der Waals surface area contributed by atoms with Crippen molar-refractivity contribution in [3.8, 4) is 5.75 Å². The molecule has 0 unspecified atom stereocenters. The number of carbonyl (C=O) groups is 1. The summed E-state index contributed by atoms with van der Waals surface area (Å²) in [5.41, 5.74) is 5.27. The summed E-state index contributed by atoms with van der Waals surface area (Å²) < 4.78 is 5.81. The monoisotopic (exact) mass is 458 g/mol. The molecule has 3 aromatic rings. The highest BCUT2D eigenvalue weighted by Gasteiger charge is 2.08. The molecule has 0 radical (unpaired) electrons. The second-order valence-corrected chi connectivity index (χ2v) is 8.13. The lowest BCUT2D eigenvalue weighted by atomic mass is 10.1. The van der Waals surface area contributed by atoms with Crippen LogP contribution in [0.15, 0.2) is 76.7 Å². The average Bonchev–Trinajstić information content (AvgIpc) is 2.74. The van der Waals surface area contributed by atoms with Gasteiger partial charge in [-0.1, -0.05) is 47.5 Å². The van der Waals surface area contributed by atoms with Crippen LogP contribution in [0.2, 0.25) is 10.0 Å². The van der Waals surface area contributed by atoms with E-state index < -0.39 is 0 Å². The zero-order valence-corrected chi connectivity index (χ0v) is 18.6. The maximum Gasteiger partial charge on any atom is 0.244 e. The molecule has 3 rings (SSSR count). The molecule has 7 heteroatoms. The maximum absolute atomic E-state index is 12.2. The summed E-state index contributed by atoms with van der Waals surface area (Å²) in [6.07, 6.45) is 3.75. The van der Waals surface area contributed by atoms with Gasteiger partial charge in [0.25, 0.3) is 0 Å². The molecule has 0 atom stereocenters. The number of nitrogens with one attached hydrogen (secondary N) is 1. The number of hydrogen-bond donors (Lipinski definition) is 1. The highest BCUT2D eigenvalue weighted by molar-refractivity contribution is 7.98. The molecule has 0 aliphatic carbocycles. The van der Waals surface area contributed by atoms with Crippen LogP contribution in [-0.2, 0) is 17.8 Å². The van der Waals surface area contributed by atoms with Gasteiger partial charge >= 0.3 is 0 Å². The van der Waals surface area contributed by atoms with Gasteiger partial charge < -0.3 is 4.74 Å². The van der Waals surface area contributed by atoms with Crippen LogP contribution in [0.5, 0.6) is 5.75 Å². The second kappa shape index (κ2) is 11.1. The van der Waals surface area contributed by atoms with Crippen LogP contribution < -0.4 is 10.2 Å². The van der Waals surface area contributed by atoms with Gasteiger partial charge in [0.1, 0.15) is 12.4 Å². The molecule has 0 saturated carbocycles. The number of thioether (sulfide) groups is 1. The number of amides is 1. The van der Waals surface area contributed by atoms with E-state index in [9.17, 15) is 4.79 Å². The lowest BCUT2D eigenvalue weighted by molar-refractivity contribution is -0.120. The van der Waals surface area contributed by atoms with Gasteiger partial charge in [0.15, 0.2) is 0 Å². The third-order valence-electron chi connectivity index (χ3n) is 4.17. The van der Waals surface area contributed by atoms with E-state index in [0.29, 0.717) is 22.4 Å². The Morgan fingerprint density at radius 1 is 1.07 bits per heavy atom. The first-order valence-corrected chi connectivity index (χ1v) is 11.1. The molecule has 154 valence electrons. The van der Waals surface area contributed by atoms with Crippen LogP contribution in [0.1, 0.15) is 16.7 Å². The molecule has 3 aromatic carbocycles. The first-order valence-electron chi connectivity index (χ1n) is 9.15. The lowest BCUT2D eigenvalue weighted by Gasteiger charge is -2.07. The first kappa shape index (κ1) is 22.2. The summed E-state index contributed by atoms with van der Waals surface area (Å²) in [4.78, 5) is 13.2. The maximum atomic E-state index is 12.2. The Balaban J connectivity index is 1.54. The minimum atomic E-state index is -0.209. The third kappa shape index (κ3) is 6.80. The topological polar surface area (TPSA) is 50.7 Å². The van der Waals surface area contributed by atoms with Crippen molar-refractivity contribution < 1.29 is 9.53 Å². The number of nitrogens with zero attached hydrogens (tertiary/aromatic N) is 1. The van der Waals surface area contributed by atoms with Gasteiger partial charge in [-0.3, -0.25) is 4.79 Å². The Hall–Kier alpha value is -2.47. The van der Waals surface area contributed by atoms with Gasteiger partial charge in [-0.15, -0.1) is 11.8 Å². The predicted molar refractivity (Wildman–Crippen MR) is 125 cm³/mol. The predicted octanol–water partition coefficient (Wildman–Crippen LogP) is 5.99. The number of hydrogen-bond acceptors (Lipinski definition) is 4. The number of hydrazone groups is 1. The van der Waals surface area contributed by atoms with Crippen molar-refractivity contribution in [3.63, 3.8) is 0 Å². The van der Waals surface area contributed by atoms with Crippen LogP contribution in [0.4, 0.5) is 0 Å². The van der Waals surface area contributed by atoms with Gasteiger partial charge in [-0.25, -0.2) is 5.43 Å². The van der Waals surface area contributed by atoms with Gasteiger partial charge in [-0.2, -0.15) is 5.10 Å². The van der Waals surface area contributed by atoms with E-state index in [2.05, 4.69) is 10.5 Å². The minimum Gasteiger partial charge on any atom is -0.489 e.